The Bertz CT molecular complexity index is 1100. The van der Waals surface area contributed by atoms with Gasteiger partial charge in [0.15, 0.2) is 0 Å². The van der Waals surface area contributed by atoms with Crippen molar-refractivity contribution in [2.75, 3.05) is 4.90 Å². The van der Waals surface area contributed by atoms with Gasteiger partial charge in [-0.3, -0.25) is 4.79 Å². The van der Waals surface area contributed by atoms with Gasteiger partial charge in [-0.15, -0.1) is 0 Å². The Hall–Kier alpha value is -2.10. The molecule has 0 unspecified atom stereocenters. The molecule has 2 heterocycles. The topological polar surface area (TPSA) is 49.0 Å². The fraction of sp³-hybridized carbons (Fsp3) is 0.643. The maximum Gasteiger partial charge on any atom is 0.255 e. The van der Waals surface area contributed by atoms with Gasteiger partial charge in [-0.25, -0.2) is 4.98 Å². The van der Waals surface area contributed by atoms with Crippen LogP contribution in [0.3, 0.4) is 0 Å². The Morgan fingerprint density at radius 3 is 1.38 bits per heavy atom. The van der Waals surface area contributed by atoms with Crippen molar-refractivity contribution in [2.24, 2.45) is 0 Å². The lowest BCUT2D eigenvalue weighted by molar-refractivity contribution is 0.200. The summed E-state index contributed by atoms with van der Waals surface area (Å²) in [6.07, 6.45) is 0. The molecule has 0 bridgehead atoms. The van der Waals surface area contributed by atoms with E-state index in [4.69, 9.17) is 4.98 Å². The summed E-state index contributed by atoms with van der Waals surface area (Å²) >= 11 is 0. The monoisotopic (exact) mass is 437 g/mol. The molecule has 1 aromatic carbocycles. The van der Waals surface area contributed by atoms with E-state index in [1.165, 1.54) is 33.4 Å². The van der Waals surface area contributed by atoms with Crippen molar-refractivity contribution in [1.29, 1.82) is 0 Å². The molecule has 0 atom stereocenters. The molecule has 176 valence electrons. The number of fused-ring (bicyclic) bond motifs is 1. The average molecular weight is 438 g/mol. The number of rotatable bonds is 1. The second kappa shape index (κ2) is 6.95. The molecule has 1 aliphatic rings. The van der Waals surface area contributed by atoms with Crippen molar-refractivity contribution in [1.82, 2.24) is 9.97 Å². The van der Waals surface area contributed by atoms with Crippen molar-refractivity contribution >= 4 is 5.82 Å². The Balaban J connectivity index is 2.60. The van der Waals surface area contributed by atoms with E-state index in [0.29, 0.717) is 11.4 Å². The maximum atomic E-state index is 12.8. The standard InChI is InChI=1S/C28H43N3O/c1-15-16(2)18(4)22-21(17(15)3)25(7,8)27(11,12)31(28(13,14)26(22,9)10)23-19(5)24(32)30-20(6)29-23/h1-14H3,(H,29,30,32). The molecule has 0 radical (unpaired) electrons. The molecule has 1 aromatic heterocycles. The third kappa shape index (κ3) is 2.87. The molecule has 4 nitrogen and oxygen atoms in total. The van der Waals surface area contributed by atoms with E-state index in [1.807, 2.05) is 13.8 Å². The van der Waals surface area contributed by atoms with Crippen LogP contribution in [0.5, 0.6) is 0 Å². The number of hydrogen-bond donors (Lipinski definition) is 1. The zero-order chi connectivity index (χ0) is 24.8. The van der Waals surface area contributed by atoms with E-state index in [-0.39, 0.29) is 27.5 Å². The number of nitrogens with zero attached hydrogens (tertiary/aromatic N) is 2. The lowest BCUT2D eigenvalue weighted by atomic mass is 9.62. The molecule has 0 aliphatic carbocycles. The predicted molar refractivity (Wildman–Crippen MR) is 136 cm³/mol. The number of aromatic amines is 1. The molecule has 0 fully saturated rings. The quantitative estimate of drug-likeness (QED) is 0.573. The van der Waals surface area contributed by atoms with Crippen LogP contribution in [0.4, 0.5) is 5.82 Å². The molecule has 0 saturated heterocycles. The van der Waals surface area contributed by atoms with Crippen LogP contribution < -0.4 is 10.5 Å². The van der Waals surface area contributed by atoms with E-state index in [2.05, 4.69) is 93.0 Å². The van der Waals surface area contributed by atoms with Crippen molar-refractivity contribution in [3.63, 3.8) is 0 Å². The van der Waals surface area contributed by atoms with Gasteiger partial charge in [0.25, 0.3) is 5.56 Å². The summed E-state index contributed by atoms with van der Waals surface area (Å²) in [5, 5.41) is 0. The van der Waals surface area contributed by atoms with Gasteiger partial charge in [0.05, 0.1) is 5.56 Å². The highest BCUT2D eigenvalue weighted by molar-refractivity contribution is 5.64. The zero-order valence-electron chi connectivity index (χ0n) is 22.8. The number of H-pyrrole nitrogens is 1. The highest BCUT2D eigenvalue weighted by atomic mass is 16.1. The summed E-state index contributed by atoms with van der Waals surface area (Å²) in [6.45, 7) is 31.6. The first kappa shape index (κ1) is 24.5. The summed E-state index contributed by atoms with van der Waals surface area (Å²) in [7, 11) is 0. The Morgan fingerprint density at radius 1 is 0.625 bits per heavy atom. The first-order valence-electron chi connectivity index (χ1n) is 11.8. The van der Waals surface area contributed by atoms with Crippen LogP contribution in [0.2, 0.25) is 0 Å². The molecule has 1 N–H and O–H groups in total. The minimum Gasteiger partial charge on any atom is -0.344 e. The second-order valence-corrected chi connectivity index (χ2v) is 12.1. The average Bonchev–Trinajstić information content (AvgIpc) is 2.67. The number of benzene rings is 1. The van der Waals surface area contributed by atoms with Crippen LogP contribution in [0.25, 0.3) is 0 Å². The van der Waals surface area contributed by atoms with Crippen LogP contribution in [0.15, 0.2) is 4.79 Å². The molecular weight excluding hydrogens is 394 g/mol. The SMILES string of the molecule is Cc1nc(N2C(C)(C)C(C)(C)c3c(C)c(C)c(C)c(C)c3C(C)(C)C2(C)C)c(C)c(=O)[nH]1. The molecule has 3 rings (SSSR count). The third-order valence-electron chi connectivity index (χ3n) is 9.57. The maximum absolute atomic E-state index is 12.8. The van der Waals surface area contributed by atoms with Crippen molar-refractivity contribution in [3.8, 4) is 0 Å². The first-order valence-corrected chi connectivity index (χ1v) is 11.8. The number of aromatic nitrogens is 2. The number of hydrogen-bond acceptors (Lipinski definition) is 3. The van der Waals surface area contributed by atoms with E-state index in [1.54, 1.807) is 0 Å². The molecule has 32 heavy (non-hydrogen) atoms. The highest BCUT2D eigenvalue weighted by Gasteiger charge is 2.59. The minimum absolute atomic E-state index is 0.0597. The van der Waals surface area contributed by atoms with Gasteiger partial charge in [0.2, 0.25) is 0 Å². The van der Waals surface area contributed by atoms with E-state index >= 15 is 0 Å². The summed E-state index contributed by atoms with van der Waals surface area (Å²) in [5.74, 6) is 1.44. The summed E-state index contributed by atoms with van der Waals surface area (Å²) < 4.78 is 0. The van der Waals surface area contributed by atoms with E-state index in [9.17, 15) is 4.79 Å². The minimum atomic E-state index is -0.324. The Kier molecular flexibility index (Phi) is 5.33. The molecular formula is C28H43N3O. The van der Waals surface area contributed by atoms with Gasteiger partial charge in [0, 0.05) is 21.9 Å². The van der Waals surface area contributed by atoms with Crippen LogP contribution in [-0.2, 0) is 10.8 Å². The van der Waals surface area contributed by atoms with Crippen molar-refractivity contribution < 1.29 is 0 Å². The van der Waals surface area contributed by atoms with Crippen LogP contribution in [-0.4, -0.2) is 21.0 Å². The normalized spacial score (nSPS) is 20.6. The Morgan fingerprint density at radius 2 is 1.00 bits per heavy atom. The van der Waals surface area contributed by atoms with Gasteiger partial charge in [0.1, 0.15) is 11.6 Å². The molecule has 1 aliphatic heterocycles. The summed E-state index contributed by atoms with van der Waals surface area (Å²) in [4.78, 5) is 23.1. The van der Waals surface area contributed by atoms with Gasteiger partial charge in [-0.2, -0.15) is 0 Å². The lowest BCUT2D eigenvalue weighted by Crippen LogP contribution is -2.66. The van der Waals surface area contributed by atoms with E-state index in [0.717, 1.165) is 5.82 Å². The largest absolute Gasteiger partial charge is 0.344 e. The fourth-order valence-electron chi connectivity index (χ4n) is 6.12. The smallest absolute Gasteiger partial charge is 0.255 e. The summed E-state index contributed by atoms with van der Waals surface area (Å²) in [5.41, 5.74) is 8.00. The summed E-state index contributed by atoms with van der Waals surface area (Å²) in [6, 6.07) is 0. The number of anilines is 1. The van der Waals surface area contributed by atoms with Gasteiger partial charge < -0.3 is 9.88 Å². The molecule has 2 aromatic rings. The molecule has 0 spiro atoms. The Labute approximate surface area is 194 Å². The van der Waals surface area contributed by atoms with E-state index < -0.39 is 0 Å². The number of nitrogens with one attached hydrogen (secondary N) is 1. The zero-order valence-corrected chi connectivity index (χ0v) is 22.8. The molecule has 0 amide bonds. The van der Waals surface area contributed by atoms with Gasteiger partial charge in [-0.05, 0) is 103 Å². The molecule has 4 heteroatoms. The van der Waals surface area contributed by atoms with Gasteiger partial charge in [-0.1, -0.05) is 27.7 Å². The van der Waals surface area contributed by atoms with Crippen molar-refractivity contribution in [2.45, 2.75) is 119 Å². The second-order valence-electron chi connectivity index (χ2n) is 12.1. The third-order valence-corrected chi connectivity index (χ3v) is 9.57. The molecule has 0 saturated carbocycles. The van der Waals surface area contributed by atoms with Crippen LogP contribution in [0.1, 0.15) is 100 Å². The van der Waals surface area contributed by atoms with Crippen molar-refractivity contribution in [3.05, 3.63) is 55.1 Å². The fourth-order valence-corrected chi connectivity index (χ4v) is 6.12. The first-order chi connectivity index (χ1) is 14.3. The predicted octanol–water partition coefficient (Wildman–Crippen LogP) is 6.25. The lowest BCUT2D eigenvalue weighted by Gasteiger charge is -2.57. The van der Waals surface area contributed by atoms with Crippen LogP contribution in [0, 0.1) is 41.5 Å². The van der Waals surface area contributed by atoms with Gasteiger partial charge >= 0.3 is 0 Å². The highest BCUT2D eigenvalue weighted by Crippen LogP contribution is 2.57. The number of aryl methyl sites for hydroxylation is 1. The van der Waals surface area contributed by atoms with Crippen LogP contribution >= 0.6 is 0 Å².